The second-order valence-electron chi connectivity index (χ2n) is 2.83. The quantitative estimate of drug-likeness (QED) is 0.541. The predicted octanol–water partition coefficient (Wildman–Crippen LogP) is 2.04. The zero-order valence-electron chi connectivity index (χ0n) is 6.37. The molecule has 1 saturated carbocycles. The molecule has 0 aromatic rings. The largest absolute Gasteiger partial charge is 0.355 e. The molecule has 0 amide bonds. The van der Waals surface area contributed by atoms with Crippen molar-refractivity contribution in [1.29, 1.82) is 0 Å². The van der Waals surface area contributed by atoms with Crippen LogP contribution in [0.4, 0.5) is 0 Å². The Balaban J connectivity index is 2.50. The number of hydrogen-bond acceptors (Lipinski definition) is 3. The predicted molar refractivity (Wildman–Crippen MR) is 47.8 cm³/mol. The monoisotopic (exact) mass is 232 g/mol. The van der Waals surface area contributed by atoms with E-state index >= 15 is 0 Å². The van der Waals surface area contributed by atoms with Gasteiger partial charge in [0.1, 0.15) is 0 Å². The maximum absolute atomic E-state index is 10.5. The summed E-state index contributed by atoms with van der Waals surface area (Å²) in [5, 5.41) is -0.229. The Hall–Kier alpha value is 0.490. The molecule has 1 aliphatic carbocycles. The van der Waals surface area contributed by atoms with Crippen molar-refractivity contribution in [2.45, 2.75) is 37.2 Å². The summed E-state index contributed by atoms with van der Waals surface area (Å²) in [6.45, 7) is 0. The van der Waals surface area contributed by atoms with Gasteiger partial charge >= 0.3 is 9.33 Å². The van der Waals surface area contributed by atoms with Crippen molar-refractivity contribution in [2.24, 2.45) is 0 Å². The average Bonchev–Trinajstić information content (AvgIpc) is 1.91. The van der Waals surface area contributed by atoms with Gasteiger partial charge in [0.05, 0.1) is 11.5 Å². The lowest BCUT2D eigenvalue weighted by molar-refractivity contribution is 0.171. The van der Waals surface area contributed by atoms with Gasteiger partial charge in [0, 0.05) is 10.7 Å². The minimum absolute atomic E-state index is 0.229. The molecule has 1 aliphatic rings. The lowest BCUT2D eigenvalue weighted by Gasteiger charge is -2.24. The SMILES string of the molecule is O=S(=O)(Cl)OC1CCCCC1Cl. The molecule has 0 N–H and O–H groups in total. The van der Waals surface area contributed by atoms with Gasteiger partial charge in [-0.1, -0.05) is 12.8 Å². The van der Waals surface area contributed by atoms with Crippen LogP contribution in [0, 0.1) is 0 Å². The van der Waals surface area contributed by atoms with Gasteiger partial charge in [0.2, 0.25) is 0 Å². The van der Waals surface area contributed by atoms with Gasteiger partial charge in [-0.3, -0.25) is 4.18 Å². The molecule has 3 nitrogen and oxygen atoms in total. The highest BCUT2D eigenvalue weighted by molar-refractivity contribution is 8.10. The van der Waals surface area contributed by atoms with Gasteiger partial charge in [-0.2, -0.15) is 8.42 Å². The van der Waals surface area contributed by atoms with E-state index in [4.69, 9.17) is 22.3 Å². The molecule has 0 saturated heterocycles. The first-order valence-electron chi connectivity index (χ1n) is 3.76. The molecule has 2 unspecified atom stereocenters. The Kier molecular flexibility index (Phi) is 3.64. The zero-order chi connectivity index (χ0) is 9.19. The number of halogens is 2. The van der Waals surface area contributed by atoms with Crippen molar-refractivity contribution in [3.63, 3.8) is 0 Å². The van der Waals surface area contributed by atoms with Crippen molar-refractivity contribution < 1.29 is 12.6 Å². The molecule has 6 heteroatoms. The number of hydrogen-bond donors (Lipinski definition) is 0. The van der Waals surface area contributed by atoms with E-state index < -0.39 is 15.4 Å². The van der Waals surface area contributed by atoms with E-state index in [-0.39, 0.29) is 5.38 Å². The van der Waals surface area contributed by atoms with Gasteiger partial charge in [0.25, 0.3) is 0 Å². The molecule has 1 rings (SSSR count). The number of alkyl halides is 1. The summed E-state index contributed by atoms with van der Waals surface area (Å²) >= 11 is 5.84. The van der Waals surface area contributed by atoms with Crippen molar-refractivity contribution in [1.82, 2.24) is 0 Å². The van der Waals surface area contributed by atoms with E-state index in [9.17, 15) is 8.42 Å². The normalized spacial score (nSPS) is 31.8. The van der Waals surface area contributed by atoms with Crippen LogP contribution in [0.25, 0.3) is 0 Å². The summed E-state index contributed by atoms with van der Waals surface area (Å²) in [5.41, 5.74) is 0. The Morgan fingerprint density at radius 3 is 2.33 bits per heavy atom. The van der Waals surface area contributed by atoms with Crippen molar-refractivity contribution in [3.05, 3.63) is 0 Å². The van der Waals surface area contributed by atoms with E-state index in [1.165, 1.54) is 0 Å². The smallest absolute Gasteiger partial charge is 0.253 e. The second kappa shape index (κ2) is 4.13. The molecule has 0 bridgehead atoms. The Bertz CT molecular complexity index is 239. The first kappa shape index (κ1) is 10.6. The maximum Gasteiger partial charge on any atom is 0.355 e. The maximum atomic E-state index is 10.5. The molecule has 0 aromatic carbocycles. The molecule has 0 spiro atoms. The Morgan fingerprint density at radius 1 is 1.25 bits per heavy atom. The van der Waals surface area contributed by atoms with Crippen LogP contribution in [0.3, 0.4) is 0 Å². The first-order chi connectivity index (χ1) is 5.49. The molecule has 0 aromatic heterocycles. The molecule has 1 fully saturated rings. The van der Waals surface area contributed by atoms with Gasteiger partial charge in [-0.25, -0.2) is 0 Å². The third-order valence-corrected chi connectivity index (χ3v) is 3.06. The summed E-state index contributed by atoms with van der Waals surface area (Å²) < 4.78 is 25.7. The van der Waals surface area contributed by atoms with Crippen LogP contribution in [0.5, 0.6) is 0 Å². The van der Waals surface area contributed by atoms with Crippen LogP contribution in [0.1, 0.15) is 25.7 Å². The van der Waals surface area contributed by atoms with E-state index in [1.807, 2.05) is 0 Å². The fraction of sp³-hybridized carbons (Fsp3) is 1.00. The highest BCUT2D eigenvalue weighted by Gasteiger charge is 2.27. The topological polar surface area (TPSA) is 43.4 Å². The molecule has 0 radical (unpaired) electrons. The minimum Gasteiger partial charge on any atom is -0.253 e. The van der Waals surface area contributed by atoms with E-state index in [2.05, 4.69) is 4.18 Å². The van der Waals surface area contributed by atoms with Crippen LogP contribution in [0.15, 0.2) is 0 Å². The number of rotatable bonds is 2. The molecular weight excluding hydrogens is 223 g/mol. The Labute approximate surface area is 81.6 Å². The third-order valence-electron chi connectivity index (χ3n) is 1.86. The second-order valence-corrected chi connectivity index (χ2v) is 5.50. The molecule has 2 atom stereocenters. The summed E-state index contributed by atoms with van der Waals surface area (Å²) in [5.74, 6) is 0. The van der Waals surface area contributed by atoms with Crippen LogP contribution in [-0.2, 0) is 13.5 Å². The molecular formula is C6H10Cl2O3S. The fourth-order valence-corrected chi connectivity index (χ4v) is 2.51. The summed E-state index contributed by atoms with van der Waals surface area (Å²) in [4.78, 5) is 0. The lowest BCUT2D eigenvalue weighted by Crippen LogP contribution is -2.29. The summed E-state index contributed by atoms with van der Waals surface area (Å²) in [7, 11) is 1.05. The third kappa shape index (κ3) is 3.47. The van der Waals surface area contributed by atoms with Crippen molar-refractivity contribution in [3.8, 4) is 0 Å². The summed E-state index contributed by atoms with van der Waals surface area (Å²) in [6.07, 6.45) is 2.98. The van der Waals surface area contributed by atoms with Crippen molar-refractivity contribution >= 4 is 31.6 Å². The minimum atomic E-state index is -3.87. The Morgan fingerprint density at radius 2 is 1.83 bits per heavy atom. The highest BCUT2D eigenvalue weighted by Crippen LogP contribution is 2.27. The zero-order valence-corrected chi connectivity index (χ0v) is 8.70. The summed E-state index contributed by atoms with van der Waals surface area (Å²) in [6, 6.07) is 0. The van der Waals surface area contributed by atoms with Gasteiger partial charge in [-0.15, -0.1) is 11.6 Å². The molecule has 72 valence electrons. The van der Waals surface area contributed by atoms with Crippen LogP contribution in [-0.4, -0.2) is 19.9 Å². The van der Waals surface area contributed by atoms with Gasteiger partial charge < -0.3 is 0 Å². The average molecular weight is 233 g/mol. The molecule has 12 heavy (non-hydrogen) atoms. The van der Waals surface area contributed by atoms with Crippen LogP contribution < -0.4 is 0 Å². The van der Waals surface area contributed by atoms with E-state index in [0.717, 1.165) is 19.3 Å². The molecule has 0 aliphatic heterocycles. The van der Waals surface area contributed by atoms with Crippen LogP contribution in [0.2, 0.25) is 0 Å². The van der Waals surface area contributed by atoms with Gasteiger partial charge in [0.15, 0.2) is 0 Å². The molecule has 0 heterocycles. The van der Waals surface area contributed by atoms with E-state index in [1.54, 1.807) is 0 Å². The first-order valence-corrected chi connectivity index (χ1v) is 6.43. The van der Waals surface area contributed by atoms with Crippen LogP contribution >= 0.6 is 22.3 Å². The standard InChI is InChI=1S/C6H10Cl2O3S/c7-5-3-1-2-4-6(5)11-12(8,9)10/h5-6H,1-4H2. The van der Waals surface area contributed by atoms with Gasteiger partial charge in [-0.05, 0) is 12.8 Å². The van der Waals surface area contributed by atoms with E-state index in [0.29, 0.717) is 6.42 Å². The fourth-order valence-electron chi connectivity index (χ4n) is 1.31. The lowest BCUT2D eigenvalue weighted by atomic mass is 9.97. The van der Waals surface area contributed by atoms with Crippen molar-refractivity contribution in [2.75, 3.05) is 0 Å². The highest BCUT2D eigenvalue weighted by atomic mass is 35.7.